The summed E-state index contributed by atoms with van der Waals surface area (Å²) in [6.07, 6.45) is 7.46. The van der Waals surface area contributed by atoms with Gasteiger partial charge in [-0.2, -0.15) is 0 Å². The molecule has 0 atom stereocenters. The third kappa shape index (κ3) is 3.40. The maximum absolute atomic E-state index is 12.6. The second-order valence-electron chi connectivity index (χ2n) is 6.51. The number of aromatic nitrogens is 1. The number of carbonyl (C=O) groups excluding carboxylic acids is 1. The van der Waals surface area contributed by atoms with E-state index < -0.39 is 15.3 Å². The van der Waals surface area contributed by atoms with Gasteiger partial charge in [0.25, 0.3) is 0 Å². The Balaban J connectivity index is 1.56. The van der Waals surface area contributed by atoms with Gasteiger partial charge >= 0.3 is 0 Å². The van der Waals surface area contributed by atoms with Crippen LogP contribution < -0.4 is 0 Å². The van der Waals surface area contributed by atoms with E-state index in [0.717, 1.165) is 31.2 Å². The highest BCUT2D eigenvalue weighted by atomic mass is 32.2. The Labute approximate surface area is 137 Å². The Bertz CT molecular complexity index is 650. The molecule has 2 fully saturated rings. The van der Waals surface area contributed by atoms with Crippen molar-refractivity contribution in [3.63, 3.8) is 0 Å². The van der Waals surface area contributed by atoms with E-state index in [1.165, 1.54) is 4.31 Å². The van der Waals surface area contributed by atoms with Crippen molar-refractivity contribution in [3.8, 4) is 0 Å². The van der Waals surface area contributed by atoms with E-state index in [1.54, 1.807) is 30.4 Å². The predicted octanol–water partition coefficient (Wildman–Crippen LogP) is 1.24. The van der Waals surface area contributed by atoms with Crippen LogP contribution in [0.25, 0.3) is 0 Å². The molecular weight excluding hydrogens is 314 g/mol. The Morgan fingerprint density at radius 2 is 2.04 bits per heavy atom. The van der Waals surface area contributed by atoms with Crippen LogP contribution in [0.2, 0.25) is 0 Å². The molecule has 1 aromatic heterocycles. The molecule has 1 aliphatic carbocycles. The fraction of sp³-hybridized carbons (Fsp3) is 0.625. The fourth-order valence-electron chi connectivity index (χ4n) is 3.33. The molecule has 0 aromatic carbocycles. The number of hydrogen-bond donors (Lipinski definition) is 0. The van der Waals surface area contributed by atoms with Crippen molar-refractivity contribution < 1.29 is 13.2 Å². The van der Waals surface area contributed by atoms with Crippen molar-refractivity contribution >= 4 is 15.9 Å². The van der Waals surface area contributed by atoms with E-state index in [2.05, 4.69) is 4.98 Å². The summed E-state index contributed by atoms with van der Waals surface area (Å²) in [7, 11) is -1.79. The van der Waals surface area contributed by atoms with Crippen LogP contribution in [-0.2, 0) is 21.4 Å². The zero-order chi connectivity index (χ0) is 16.4. The summed E-state index contributed by atoms with van der Waals surface area (Å²) in [4.78, 5) is 18.0. The van der Waals surface area contributed by atoms with E-state index in [1.807, 2.05) is 6.07 Å². The SMILES string of the molecule is CN(Cc1cccnc1)S(=O)(=O)C1CN(C(=O)C2CCCC2)C1. The lowest BCUT2D eigenvalue weighted by molar-refractivity contribution is -0.138. The molecule has 0 unspecified atom stereocenters. The standard InChI is InChI=1S/C16H23N3O3S/c1-18(10-13-5-4-8-17-9-13)23(21,22)15-11-19(12-15)16(20)14-6-2-3-7-14/h4-5,8-9,14-15H,2-3,6-7,10-12H2,1H3. The van der Waals surface area contributed by atoms with Gasteiger partial charge in [0.05, 0.1) is 0 Å². The van der Waals surface area contributed by atoms with Crippen LogP contribution in [0, 0.1) is 5.92 Å². The smallest absolute Gasteiger partial charge is 0.225 e. The summed E-state index contributed by atoms with van der Waals surface area (Å²) in [6.45, 7) is 0.966. The van der Waals surface area contributed by atoms with Crippen LogP contribution in [0.15, 0.2) is 24.5 Å². The third-order valence-electron chi connectivity index (χ3n) is 4.85. The number of sulfonamides is 1. The van der Waals surface area contributed by atoms with Gasteiger partial charge in [0.2, 0.25) is 15.9 Å². The molecule has 0 radical (unpaired) electrons. The van der Waals surface area contributed by atoms with Gasteiger partial charge in [-0.3, -0.25) is 9.78 Å². The average molecular weight is 337 g/mol. The highest BCUT2D eigenvalue weighted by Crippen LogP contribution is 2.29. The molecule has 7 heteroatoms. The fourth-order valence-corrected chi connectivity index (χ4v) is 4.91. The lowest BCUT2D eigenvalue weighted by atomic mass is 10.0. The normalized spacial score (nSPS) is 20.0. The van der Waals surface area contributed by atoms with Gasteiger partial charge < -0.3 is 4.90 Å². The maximum atomic E-state index is 12.6. The summed E-state index contributed by atoms with van der Waals surface area (Å²) >= 11 is 0. The van der Waals surface area contributed by atoms with Gasteiger partial charge in [-0.15, -0.1) is 0 Å². The molecule has 1 saturated heterocycles. The third-order valence-corrected chi connectivity index (χ3v) is 6.99. The van der Waals surface area contributed by atoms with Crippen LogP contribution in [0.5, 0.6) is 0 Å². The maximum Gasteiger partial charge on any atom is 0.225 e. The van der Waals surface area contributed by atoms with Gasteiger partial charge in [0, 0.05) is 45.0 Å². The second-order valence-corrected chi connectivity index (χ2v) is 8.83. The molecule has 2 aliphatic rings. The Morgan fingerprint density at radius 3 is 2.65 bits per heavy atom. The van der Waals surface area contributed by atoms with Gasteiger partial charge in [0.1, 0.15) is 5.25 Å². The van der Waals surface area contributed by atoms with Crippen LogP contribution >= 0.6 is 0 Å². The molecule has 1 amide bonds. The van der Waals surface area contributed by atoms with Crippen LogP contribution in [0.1, 0.15) is 31.2 Å². The average Bonchev–Trinajstić information content (AvgIpc) is 3.00. The lowest BCUT2D eigenvalue weighted by Crippen LogP contribution is -2.60. The highest BCUT2D eigenvalue weighted by molar-refractivity contribution is 7.89. The first-order valence-electron chi connectivity index (χ1n) is 8.11. The van der Waals surface area contributed by atoms with Crippen LogP contribution in [-0.4, -0.2) is 53.9 Å². The number of amides is 1. The van der Waals surface area contributed by atoms with Crippen molar-refractivity contribution in [2.75, 3.05) is 20.1 Å². The molecule has 126 valence electrons. The molecule has 6 nitrogen and oxygen atoms in total. The first kappa shape index (κ1) is 16.4. The van der Waals surface area contributed by atoms with Crippen LogP contribution in [0.3, 0.4) is 0 Å². The number of likely N-dealkylation sites (tertiary alicyclic amines) is 1. The van der Waals surface area contributed by atoms with Gasteiger partial charge in [-0.25, -0.2) is 12.7 Å². The molecule has 3 rings (SSSR count). The number of pyridine rings is 1. The van der Waals surface area contributed by atoms with Crippen LogP contribution in [0.4, 0.5) is 0 Å². The molecule has 2 heterocycles. The van der Waals surface area contributed by atoms with E-state index in [4.69, 9.17) is 0 Å². The first-order chi connectivity index (χ1) is 11.0. The Morgan fingerprint density at radius 1 is 1.35 bits per heavy atom. The Kier molecular flexibility index (Phi) is 4.68. The Hall–Kier alpha value is -1.47. The van der Waals surface area contributed by atoms with Crippen molar-refractivity contribution in [3.05, 3.63) is 30.1 Å². The molecule has 1 aliphatic heterocycles. The summed E-state index contributed by atoms with van der Waals surface area (Å²) in [6, 6.07) is 3.65. The van der Waals surface area contributed by atoms with Gasteiger partial charge in [0.15, 0.2) is 0 Å². The highest BCUT2D eigenvalue weighted by Gasteiger charge is 2.43. The first-order valence-corrected chi connectivity index (χ1v) is 9.61. The van der Waals surface area contributed by atoms with Crippen molar-refractivity contribution in [2.45, 2.75) is 37.5 Å². The monoisotopic (exact) mass is 337 g/mol. The summed E-state index contributed by atoms with van der Waals surface area (Å²) in [5.74, 6) is 0.260. The molecule has 1 saturated carbocycles. The van der Waals surface area contributed by atoms with Crippen molar-refractivity contribution in [1.82, 2.24) is 14.2 Å². The topological polar surface area (TPSA) is 70.6 Å². The van der Waals surface area contributed by atoms with Gasteiger partial charge in [-0.1, -0.05) is 18.9 Å². The number of rotatable bonds is 5. The summed E-state index contributed by atoms with van der Waals surface area (Å²) in [5, 5.41) is -0.477. The van der Waals surface area contributed by atoms with Crippen molar-refractivity contribution in [2.24, 2.45) is 5.92 Å². The summed E-state index contributed by atoms with van der Waals surface area (Å²) in [5.41, 5.74) is 0.858. The largest absolute Gasteiger partial charge is 0.340 e. The molecular formula is C16H23N3O3S. The minimum atomic E-state index is -3.38. The molecule has 23 heavy (non-hydrogen) atoms. The lowest BCUT2D eigenvalue weighted by Gasteiger charge is -2.41. The number of nitrogens with zero attached hydrogens (tertiary/aromatic N) is 3. The van der Waals surface area contributed by atoms with Crippen molar-refractivity contribution in [1.29, 1.82) is 0 Å². The number of carbonyl (C=O) groups is 1. The summed E-state index contributed by atoms with van der Waals surface area (Å²) < 4.78 is 26.5. The molecule has 0 spiro atoms. The molecule has 0 bridgehead atoms. The second kappa shape index (κ2) is 6.57. The zero-order valence-electron chi connectivity index (χ0n) is 13.4. The predicted molar refractivity (Wildman–Crippen MR) is 86.9 cm³/mol. The van der Waals surface area contributed by atoms with E-state index in [0.29, 0.717) is 19.6 Å². The van der Waals surface area contributed by atoms with E-state index in [-0.39, 0.29) is 11.8 Å². The van der Waals surface area contributed by atoms with E-state index in [9.17, 15) is 13.2 Å². The number of hydrogen-bond acceptors (Lipinski definition) is 4. The minimum absolute atomic E-state index is 0.117. The molecule has 0 N–H and O–H groups in total. The molecule has 1 aromatic rings. The van der Waals surface area contributed by atoms with Gasteiger partial charge in [-0.05, 0) is 24.5 Å². The minimum Gasteiger partial charge on any atom is -0.340 e. The zero-order valence-corrected chi connectivity index (χ0v) is 14.2. The quantitative estimate of drug-likeness (QED) is 0.811. The van der Waals surface area contributed by atoms with E-state index >= 15 is 0 Å².